The number of H-pyrrole nitrogens is 1. The Morgan fingerprint density at radius 1 is 1.29 bits per heavy atom. The van der Waals surface area contributed by atoms with Gasteiger partial charge in [0, 0.05) is 11.3 Å². The van der Waals surface area contributed by atoms with Gasteiger partial charge in [-0.15, -0.1) is 11.8 Å². The number of aromatic nitrogens is 2. The molecule has 0 aliphatic rings. The van der Waals surface area contributed by atoms with Crippen LogP contribution in [-0.2, 0) is 6.42 Å². The number of aromatic amines is 1. The van der Waals surface area contributed by atoms with Crippen LogP contribution in [0.1, 0.15) is 12.7 Å². The Balaban J connectivity index is 2.15. The quantitative estimate of drug-likeness (QED) is 0.637. The minimum Gasteiger partial charge on any atom is -0.342 e. The molecule has 0 spiro atoms. The van der Waals surface area contributed by atoms with E-state index in [9.17, 15) is 0 Å². The molecule has 0 aliphatic heterocycles. The fourth-order valence-electron chi connectivity index (χ4n) is 1.64. The lowest BCUT2D eigenvalue weighted by Gasteiger charge is -2.00. The summed E-state index contributed by atoms with van der Waals surface area (Å²) in [5.74, 6) is 2.93. The Morgan fingerprint density at radius 2 is 2.06 bits per heavy atom. The molecular formula is C13H16N2S2. The monoisotopic (exact) mass is 264 g/mol. The van der Waals surface area contributed by atoms with Gasteiger partial charge in [-0.3, -0.25) is 0 Å². The number of rotatable bonds is 5. The molecule has 0 saturated carbocycles. The third kappa shape index (κ3) is 3.30. The lowest BCUT2D eigenvalue weighted by atomic mass is 10.2. The number of nitrogens with one attached hydrogen (secondary N) is 1. The van der Waals surface area contributed by atoms with Gasteiger partial charge in [0.05, 0.1) is 11.9 Å². The molecule has 0 atom stereocenters. The molecule has 0 unspecified atom stereocenters. The van der Waals surface area contributed by atoms with E-state index < -0.39 is 0 Å². The van der Waals surface area contributed by atoms with Crippen molar-refractivity contribution in [3.8, 4) is 11.3 Å². The number of hydrogen-bond donors (Lipinski definition) is 2. The molecule has 0 radical (unpaired) electrons. The van der Waals surface area contributed by atoms with Gasteiger partial charge < -0.3 is 4.98 Å². The fourth-order valence-corrected chi connectivity index (χ4v) is 2.51. The molecular weight excluding hydrogens is 248 g/mol. The smallest absolute Gasteiger partial charge is 0.107 e. The Morgan fingerprint density at radius 3 is 2.71 bits per heavy atom. The van der Waals surface area contributed by atoms with Crippen molar-refractivity contribution in [1.82, 2.24) is 9.97 Å². The average Bonchev–Trinajstić information content (AvgIpc) is 2.80. The molecule has 0 aliphatic carbocycles. The van der Waals surface area contributed by atoms with Crippen LogP contribution < -0.4 is 0 Å². The van der Waals surface area contributed by atoms with Crippen LogP contribution >= 0.6 is 24.4 Å². The number of aryl methyl sites for hydroxylation is 1. The summed E-state index contributed by atoms with van der Waals surface area (Å²) < 4.78 is 0. The molecule has 1 aromatic carbocycles. The number of benzene rings is 1. The molecule has 0 bridgehead atoms. The molecule has 17 heavy (non-hydrogen) atoms. The Hall–Kier alpha value is -0.870. The van der Waals surface area contributed by atoms with Gasteiger partial charge >= 0.3 is 0 Å². The standard InChI is InChI=1S/C13H16N2S2/c1-2-17-11-5-3-10(4-6-11)12-9-14-13(15-12)7-8-16/h3-6,9,16H,2,7-8H2,1H3,(H,14,15). The van der Waals surface area contributed by atoms with Gasteiger partial charge in [-0.1, -0.05) is 19.1 Å². The van der Waals surface area contributed by atoms with E-state index in [-0.39, 0.29) is 0 Å². The van der Waals surface area contributed by atoms with Gasteiger partial charge in [0.25, 0.3) is 0 Å². The van der Waals surface area contributed by atoms with E-state index in [1.807, 2.05) is 18.0 Å². The van der Waals surface area contributed by atoms with Crippen LogP contribution in [0.15, 0.2) is 35.4 Å². The highest BCUT2D eigenvalue weighted by Gasteiger charge is 2.02. The Labute approximate surface area is 112 Å². The van der Waals surface area contributed by atoms with Gasteiger partial charge in [-0.2, -0.15) is 12.6 Å². The Bertz CT molecular complexity index is 463. The van der Waals surface area contributed by atoms with Crippen LogP contribution in [0.2, 0.25) is 0 Å². The second-order valence-electron chi connectivity index (χ2n) is 3.67. The van der Waals surface area contributed by atoms with Crippen LogP contribution in [0.3, 0.4) is 0 Å². The zero-order valence-electron chi connectivity index (χ0n) is 9.81. The second-order valence-corrected chi connectivity index (χ2v) is 5.46. The maximum Gasteiger partial charge on any atom is 0.107 e. The van der Waals surface area contributed by atoms with Gasteiger partial charge in [-0.05, 0) is 29.2 Å². The molecule has 1 aromatic heterocycles. The molecule has 0 fully saturated rings. The summed E-state index contributed by atoms with van der Waals surface area (Å²) in [6.07, 6.45) is 2.77. The van der Waals surface area contributed by atoms with E-state index in [4.69, 9.17) is 0 Å². The highest BCUT2D eigenvalue weighted by Crippen LogP contribution is 2.22. The van der Waals surface area contributed by atoms with E-state index in [0.29, 0.717) is 0 Å². The number of imidazole rings is 1. The minimum absolute atomic E-state index is 0.818. The highest BCUT2D eigenvalue weighted by molar-refractivity contribution is 7.99. The molecule has 0 saturated heterocycles. The molecule has 1 heterocycles. The molecule has 1 N–H and O–H groups in total. The summed E-state index contributed by atoms with van der Waals surface area (Å²) in [6.45, 7) is 2.16. The predicted octanol–water partition coefficient (Wildman–Crippen LogP) is 3.66. The third-order valence-electron chi connectivity index (χ3n) is 2.45. The van der Waals surface area contributed by atoms with Crippen molar-refractivity contribution in [2.45, 2.75) is 18.2 Å². The van der Waals surface area contributed by atoms with E-state index in [0.717, 1.165) is 29.4 Å². The zero-order chi connectivity index (χ0) is 12.1. The summed E-state index contributed by atoms with van der Waals surface area (Å²) in [6, 6.07) is 8.58. The van der Waals surface area contributed by atoms with E-state index in [2.05, 4.69) is 53.8 Å². The van der Waals surface area contributed by atoms with Crippen LogP contribution in [0.25, 0.3) is 11.3 Å². The van der Waals surface area contributed by atoms with E-state index in [1.54, 1.807) is 0 Å². The lowest BCUT2D eigenvalue weighted by Crippen LogP contribution is -1.88. The number of thioether (sulfide) groups is 1. The molecule has 0 amide bonds. The number of hydrogen-bond acceptors (Lipinski definition) is 3. The zero-order valence-corrected chi connectivity index (χ0v) is 11.5. The topological polar surface area (TPSA) is 28.7 Å². The van der Waals surface area contributed by atoms with Crippen molar-refractivity contribution >= 4 is 24.4 Å². The van der Waals surface area contributed by atoms with Crippen molar-refractivity contribution in [2.75, 3.05) is 11.5 Å². The first-order valence-electron chi connectivity index (χ1n) is 5.71. The summed E-state index contributed by atoms with van der Waals surface area (Å²) in [5.41, 5.74) is 2.26. The van der Waals surface area contributed by atoms with Crippen molar-refractivity contribution in [1.29, 1.82) is 0 Å². The van der Waals surface area contributed by atoms with Crippen LogP contribution in [-0.4, -0.2) is 21.5 Å². The number of thiol groups is 1. The van der Waals surface area contributed by atoms with E-state index >= 15 is 0 Å². The SMILES string of the molecule is CCSc1ccc(-c2cnc(CCS)[nH]2)cc1. The molecule has 2 nitrogen and oxygen atoms in total. The average molecular weight is 264 g/mol. The van der Waals surface area contributed by atoms with Crippen LogP contribution in [0.5, 0.6) is 0 Å². The number of nitrogens with zero attached hydrogens (tertiary/aromatic N) is 1. The first kappa shape index (κ1) is 12.6. The minimum atomic E-state index is 0.818. The van der Waals surface area contributed by atoms with E-state index in [1.165, 1.54) is 10.5 Å². The normalized spacial score (nSPS) is 10.7. The molecule has 2 aromatic rings. The molecule has 4 heteroatoms. The third-order valence-corrected chi connectivity index (χ3v) is 3.57. The van der Waals surface area contributed by atoms with Crippen molar-refractivity contribution in [3.05, 3.63) is 36.3 Å². The molecule has 2 rings (SSSR count). The second kappa shape index (κ2) is 6.17. The van der Waals surface area contributed by atoms with Gasteiger partial charge in [-0.25, -0.2) is 4.98 Å². The lowest BCUT2D eigenvalue weighted by molar-refractivity contribution is 1.00. The predicted molar refractivity (Wildman–Crippen MR) is 78.0 cm³/mol. The van der Waals surface area contributed by atoms with Crippen molar-refractivity contribution in [2.24, 2.45) is 0 Å². The highest BCUT2D eigenvalue weighted by atomic mass is 32.2. The summed E-state index contributed by atoms with van der Waals surface area (Å²) in [4.78, 5) is 8.96. The first-order valence-corrected chi connectivity index (χ1v) is 7.33. The Kier molecular flexibility index (Phi) is 4.57. The van der Waals surface area contributed by atoms with Crippen LogP contribution in [0, 0.1) is 0 Å². The largest absolute Gasteiger partial charge is 0.342 e. The van der Waals surface area contributed by atoms with Crippen LogP contribution in [0.4, 0.5) is 0 Å². The summed E-state index contributed by atoms with van der Waals surface area (Å²) in [5, 5.41) is 0. The maximum atomic E-state index is 4.33. The molecule has 90 valence electrons. The van der Waals surface area contributed by atoms with Crippen molar-refractivity contribution < 1.29 is 0 Å². The maximum absolute atomic E-state index is 4.33. The summed E-state index contributed by atoms with van der Waals surface area (Å²) in [7, 11) is 0. The van der Waals surface area contributed by atoms with Crippen molar-refractivity contribution in [3.63, 3.8) is 0 Å². The fraction of sp³-hybridized carbons (Fsp3) is 0.308. The van der Waals surface area contributed by atoms with Gasteiger partial charge in [0.1, 0.15) is 5.82 Å². The first-order chi connectivity index (χ1) is 8.33. The summed E-state index contributed by atoms with van der Waals surface area (Å²) >= 11 is 6.06. The van der Waals surface area contributed by atoms with Gasteiger partial charge in [0.2, 0.25) is 0 Å². The van der Waals surface area contributed by atoms with Gasteiger partial charge in [0.15, 0.2) is 0 Å².